The van der Waals surface area contributed by atoms with E-state index in [1.54, 1.807) is 6.92 Å². The van der Waals surface area contributed by atoms with E-state index in [2.05, 4.69) is 4.74 Å². The van der Waals surface area contributed by atoms with Gasteiger partial charge in [0.05, 0.1) is 6.61 Å². The minimum absolute atomic E-state index is 0.0639. The van der Waals surface area contributed by atoms with Crippen molar-refractivity contribution in [1.82, 2.24) is 0 Å². The molecule has 86 valence electrons. The molecular formula is C10H14F2O3. The van der Waals surface area contributed by atoms with Crippen molar-refractivity contribution in [3.63, 3.8) is 0 Å². The molecule has 0 aliphatic heterocycles. The van der Waals surface area contributed by atoms with E-state index >= 15 is 0 Å². The van der Waals surface area contributed by atoms with Crippen molar-refractivity contribution in [3.8, 4) is 0 Å². The molecule has 1 fully saturated rings. The van der Waals surface area contributed by atoms with Crippen LogP contribution in [0.2, 0.25) is 0 Å². The van der Waals surface area contributed by atoms with Gasteiger partial charge in [-0.3, -0.25) is 9.59 Å². The molecule has 0 heterocycles. The Morgan fingerprint density at radius 3 is 2.47 bits per heavy atom. The van der Waals surface area contributed by atoms with Crippen LogP contribution in [0.3, 0.4) is 0 Å². The highest BCUT2D eigenvalue weighted by molar-refractivity contribution is 5.95. The number of Topliss-reactive ketones (excluding diaryl/α,β-unsaturated/α-hetero) is 1. The minimum atomic E-state index is -2.60. The summed E-state index contributed by atoms with van der Waals surface area (Å²) < 4.78 is 29.4. The van der Waals surface area contributed by atoms with Crippen molar-refractivity contribution in [1.29, 1.82) is 0 Å². The summed E-state index contributed by atoms with van der Waals surface area (Å²) in [6.45, 7) is 1.88. The average Bonchev–Trinajstić information content (AvgIpc) is 2.00. The number of carbonyl (C=O) groups excluding carboxylic acids is 2. The van der Waals surface area contributed by atoms with Crippen LogP contribution in [-0.2, 0) is 14.3 Å². The van der Waals surface area contributed by atoms with E-state index in [9.17, 15) is 18.4 Å². The monoisotopic (exact) mass is 220 g/mol. The summed E-state index contributed by atoms with van der Waals surface area (Å²) in [4.78, 5) is 22.1. The highest BCUT2D eigenvalue weighted by Crippen LogP contribution is 2.44. The maximum Gasteiger partial charge on any atom is 0.313 e. The lowest BCUT2D eigenvalue weighted by Gasteiger charge is -2.34. The Bertz CT molecular complexity index is 255. The molecule has 0 amide bonds. The largest absolute Gasteiger partial charge is 0.466 e. The van der Waals surface area contributed by atoms with Crippen molar-refractivity contribution in [2.45, 2.75) is 38.5 Å². The SMILES string of the molecule is CCOC(=O)CC(=O)CC1CC(F)(F)C1. The molecule has 1 aliphatic carbocycles. The van der Waals surface area contributed by atoms with Gasteiger partial charge in [-0.25, -0.2) is 8.78 Å². The van der Waals surface area contributed by atoms with E-state index in [0.717, 1.165) is 0 Å². The second-order valence-electron chi connectivity index (χ2n) is 3.85. The van der Waals surface area contributed by atoms with Crippen LogP contribution in [0.15, 0.2) is 0 Å². The molecule has 0 aromatic heterocycles. The molecule has 3 nitrogen and oxygen atoms in total. The van der Waals surface area contributed by atoms with Gasteiger partial charge >= 0.3 is 5.97 Å². The van der Waals surface area contributed by atoms with Crippen LogP contribution >= 0.6 is 0 Å². The fourth-order valence-corrected chi connectivity index (χ4v) is 1.70. The van der Waals surface area contributed by atoms with Gasteiger partial charge < -0.3 is 4.74 Å². The van der Waals surface area contributed by atoms with Crippen LogP contribution in [0.4, 0.5) is 8.78 Å². The topological polar surface area (TPSA) is 43.4 Å². The number of esters is 1. The lowest BCUT2D eigenvalue weighted by molar-refractivity contribution is -0.147. The smallest absolute Gasteiger partial charge is 0.313 e. The molecule has 0 N–H and O–H groups in total. The number of rotatable bonds is 5. The summed E-state index contributed by atoms with van der Waals surface area (Å²) in [5.41, 5.74) is 0. The molecule has 0 saturated heterocycles. The normalized spacial score (nSPS) is 19.4. The first kappa shape index (κ1) is 12.1. The first-order chi connectivity index (χ1) is 6.93. The minimum Gasteiger partial charge on any atom is -0.466 e. The third-order valence-corrected chi connectivity index (χ3v) is 2.34. The Kier molecular flexibility index (Phi) is 3.77. The molecule has 5 heteroatoms. The van der Waals surface area contributed by atoms with Crippen molar-refractivity contribution in [2.24, 2.45) is 5.92 Å². The van der Waals surface area contributed by atoms with E-state index in [4.69, 9.17) is 0 Å². The molecular weight excluding hydrogens is 206 g/mol. The van der Waals surface area contributed by atoms with Crippen LogP contribution in [0, 0.1) is 5.92 Å². The predicted octanol–water partition coefficient (Wildman–Crippen LogP) is 1.94. The fourth-order valence-electron chi connectivity index (χ4n) is 1.70. The zero-order valence-electron chi connectivity index (χ0n) is 8.59. The summed E-state index contributed by atoms with van der Waals surface area (Å²) in [7, 11) is 0. The Hall–Kier alpha value is -1.00. The Morgan fingerprint density at radius 1 is 1.40 bits per heavy atom. The lowest BCUT2D eigenvalue weighted by Crippen LogP contribution is -2.36. The number of hydrogen-bond acceptors (Lipinski definition) is 3. The molecule has 0 aromatic rings. The zero-order chi connectivity index (χ0) is 11.5. The van der Waals surface area contributed by atoms with Crippen LogP contribution in [0.1, 0.15) is 32.6 Å². The van der Waals surface area contributed by atoms with Gasteiger partial charge in [0.1, 0.15) is 12.2 Å². The molecule has 1 saturated carbocycles. The van der Waals surface area contributed by atoms with E-state index in [0.29, 0.717) is 0 Å². The van der Waals surface area contributed by atoms with Crippen molar-refractivity contribution < 1.29 is 23.1 Å². The highest BCUT2D eigenvalue weighted by Gasteiger charge is 2.45. The van der Waals surface area contributed by atoms with Crippen molar-refractivity contribution in [2.75, 3.05) is 6.61 Å². The second-order valence-corrected chi connectivity index (χ2v) is 3.85. The summed E-state index contributed by atoms with van der Waals surface area (Å²) >= 11 is 0. The third kappa shape index (κ3) is 3.93. The van der Waals surface area contributed by atoms with Crippen LogP contribution < -0.4 is 0 Å². The van der Waals surface area contributed by atoms with Crippen molar-refractivity contribution in [3.05, 3.63) is 0 Å². The molecule has 0 aromatic carbocycles. The van der Waals surface area contributed by atoms with E-state index in [-0.39, 0.29) is 44.0 Å². The van der Waals surface area contributed by atoms with E-state index < -0.39 is 11.9 Å². The van der Waals surface area contributed by atoms with Gasteiger partial charge in [-0.05, 0) is 12.8 Å². The van der Waals surface area contributed by atoms with E-state index in [1.165, 1.54) is 0 Å². The highest BCUT2D eigenvalue weighted by atomic mass is 19.3. The first-order valence-corrected chi connectivity index (χ1v) is 4.98. The lowest BCUT2D eigenvalue weighted by atomic mass is 9.78. The van der Waals surface area contributed by atoms with Crippen LogP contribution in [0.25, 0.3) is 0 Å². The van der Waals surface area contributed by atoms with Gasteiger partial charge in [0, 0.05) is 19.3 Å². The maximum atomic E-state index is 12.4. The Balaban J connectivity index is 2.18. The standard InChI is InChI=1S/C10H14F2O3/c1-2-15-9(14)4-8(13)3-7-5-10(11,12)6-7/h7H,2-6H2,1H3. The summed E-state index contributed by atoms with van der Waals surface area (Å²) in [6.07, 6.45) is -0.701. The number of ether oxygens (including phenoxy) is 1. The Morgan fingerprint density at radius 2 is 2.00 bits per heavy atom. The number of carbonyl (C=O) groups is 2. The fraction of sp³-hybridized carbons (Fsp3) is 0.800. The molecule has 0 radical (unpaired) electrons. The van der Waals surface area contributed by atoms with Gasteiger partial charge in [0.25, 0.3) is 0 Å². The first-order valence-electron chi connectivity index (χ1n) is 4.98. The number of alkyl halides is 2. The molecule has 1 rings (SSSR count). The number of ketones is 1. The third-order valence-electron chi connectivity index (χ3n) is 2.34. The van der Waals surface area contributed by atoms with Gasteiger partial charge in [-0.1, -0.05) is 0 Å². The van der Waals surface area contributed by atoms with Crippen LogP contribution in [0.5, 0.6) is 0 Å². The van der Waals surface area contributed by atoms with Gasteiger partial charge in [-0.2, -0.15) is 0 Å². The molecule has 0 unspecified atom stereocenters. The van der Waals surface area contributed by atoms with Gasteiger partial charge in [0.15, 0.2) is 0 Å². The number of halogens is 2. The van der Waals surface area contributed by atoms with Gasteiger partial charge in [0.2, 0.25) is 5.92 Å². The molecule has 0 spiro atoms. The second kappa shape index (κ2) is 4.68. The Labute approximate surface area is 86.8 Å². The quantitative estimate of drug-likeness (QED) is 0.525. The molecule has 1 aliphatic rings. The summed E-state index contributed by atoms with van der Waals surface area (Å²) in [6, 6.07) is 0. The van der Waals surface area contributed by atoms with Gasteiger partial charge in [-0.15, -0.1) is 0 Å². The zero-order valence-corrected chi connectivity index (χ0v) is 8.59. The molecule has 0 bridgehead atoms. The van der Waals surface area contributed by atoms with Crippen LogP contribution in [-0.4, -0.2) is 24.3 Å². The summed E-state index contributed by atoms with van der Waals surface area (Å²) in [5.74, 6) is -3.75. The predicted molar refractivity (Wildman–Crippen MR) is 48.5 cm³/mol. The summed E-state index contributed by atoms with van der Waals surface area (Å²) in [5, 5.41) is 0. The molecule has 0 atom stereocenters. The maximum absolute atomic E-state index is 12.4. The number of hydrogen-bond donors (Lipinski definition) is 0. The average molecular weight is 220 g/mol. The molecule has 15 heavy (non-hydrogen) atoms. The van der Waals surface area contributed by atoms with E-state index in [1.807, 2.05) is 0 Å². The van der Waals surface area contributed by atoms with Crippen molar-refractivity contribution >= 4 is 11.8 Å².